The molecule has 2 heterocycles. The van der Waals surface area contributed by atoms with E-state index in [4.69, 9.17) is 9.15 Å². The standard InChI is InChI=1S/C22H19N3O3S/c1-2-15-8-10-17(11-9-15)22-23-18(14-29-22)12-20(26)27-13-19-24-25-21(28-19)16-6-4-3-5-7-16/h3-11,14H,2,12-13H2,1H3. The molecule has 0 bridgehead atoms. The molecule has 0 atom stereocenters. The molecule has 0 aliphatic heterocycles. The predicted molar refractivity (Wildman–Crippen MR) is 110 cm³/mol. The van der Waals surface area contributed by atoms with Crippen LogP contribution in [0.1, 0.15) is 24.1 Å². The number of carbonyl (C=O) groups excluding carboxylic acids is 1. The van der Waals surface area contributed by atoms with Crippen LogP contribution < -0.4 is 0 Å². The van der Waals surface area contributed by atoms with Crippen molar-refractivity contribution in [3.8, 4) is 22.0 Å². The van der Waals surface area contributed by atoms with E-state index < -0.39 is 0 Å². The van der Waals surface area contributed by atoms with E-state index in [9.17, 15) is 4.79 Å². The summed E-state index contributed by atoms with van der Waals surface area (Å²) in [5.74, 6) is 0.268. The lowest BCUT2D eigenvalue weighted by molar-refractivity contribution is -0.144. The molecule has 2 aromatic heterocycles. The highest BCUT2D eigenvalue weighted by molar-refractivity contribution is 7.13. The van der Waals surface area contributed by atoms with Gasteiger partial charge < -0.3 is 9.15 Å². The van der Waals surface area contributed by atoms with E-state index in [1.165, 1.54) is 16.9 Å². The first-order valence-electron chi connectivity index (χ1n) is 9.28. The van der Waals surface area contributed by atoms with Gasteiger partial charge in [0.2, 0.25) is 5.89 Å². The van der Waals surface area contributed by atoms with Crippen molar-refractivity contribution < 1.29 is 13.9 Å². The molecule has 4 rings (SSSR count). The molecule has 29 heavy (non-hydrogen) atoms. The summed E-state index contributed by atoms with van der Waals surface area (Å²) in [5, 5.41) is 10.7. The summed E-state index contributed by atoms with van der Waals surface area (Å²) in [5.41, 5.74) is 3.83. The fourth-order valence-electron chi connectivity index (χ4n) is 2.75. The van der Waals surface area contributed by atoms with Crippen molar-refractivity contribution in [2.45, 2.75) is 26.4 Å². The zero-order valence-electron chi connectivity index (χ0n) is 15.9. The van der Waals surface area contributed by atoms with Crippen LogP contribution in [0.2, 0.25) is 0 Å². The van der Waals surface area contributed by atoms with E-state index >= 15 is 0 Å². The smallest absolute Gasteiger partial charge is 0.312 e. The van der Waals surface area contributed by atoms with Crippen LogP contribution in [0, 0.1) is 0 Å². The fraction of sp³-hybridized carbons (Fsp3) is 0.182. The van der Waals surface area contributed by atoms with Gasteiger partial charge in [-0.25, -0.2) is 4.98 Å². The molecule has 0 aliphatic carbocycles. The van der Waals surface area contributed by atoms with E-state index in [0.717, 1.165) is 22.6 Å². The maximum Gasteiger partial charge on any atom is 0.312 e. The predicted octanol–water partition coefficient (Wildman–Crippen LogP) is 4.71. The van der Waals surface area contributed by atoms with Crippen LogP contribution in [0.15, 0.2) is 64.4 Å². The first-order chi connectivity index (χ1) is 14.2. The van der Waals surface area contributed by atoms with Crippen LogP contribution >= 0.6 is 11.3 Å². The summed E-state index contributed by atoms with van der Waals surface area (Å²) in [6, 6.07) is 17.7. The number of ether oxygens (including phenoxy) is 1. The molecule has 146 valence electrons. The minimum Gasteiger partial charge on any atom is -0.455 e. The molecular formula is C22H19N3O3S. The summed E-state index contributed by atoms with van der Waals surface area (Å²) < 4.78 is 10.8. The number of benzene rings is 2. The molecule has 0 saturated heterocycles. The topological polar surface area (TPSA) is 78.1 Å². The van der Waals surface area contributed by atoms with E-state index in [-0.39, 0.29) is 24.9 Å². The van der Waals surface area contributed by atoms with Crippen LogP contribution in [0.4, 0.5) is 0 Å². The summed E-state index contributed by atoms with van der Waals surface area (Å²) in [7, 11) is 0. The van der Waals surface area contributed by atoms with Crippen molar-refractivity contribution in [2.75, 3.05) is 0 Å². The summed E-state index contributed by atoms with van der Waals surface area (Å²) in [6.07, 6.45) is 1.10. The van der Waals surface area contributed by atoms with Gasteiger partial charge in [0.05, 0.1) is 12.1 Å². The third-order valence-electron chi connectivity index (χ3n) is 4.33. The van der Waals surface area contributed by atoms with Crippen LogP contribution in [-0.2, 0) is 29.0 Å². The van der Waals surface area contributed by atoms with Crippen molar-refractivity contribution in [1.29, 1.82) is 0 Å². The monoisotopic (exact) mass is 405 g/mol. The van der Waals surface area contributed by atoms with Gasteiger partial charge >= 0.3 is 5.97 Å². The van der Waals surface area contributed by atoms with Crippen molar-refractivity contribution in [3.63, 3.8) is 0 Å². The number of aryl methyl sites for hydroxylation is 1. The Morgan fingerprint density at radius 1 is 1.03 bits per heavy atom. The quantitative estimate of drug-likeness (QED) is 0.415. The van der Waals surface area contributed by atoms with Crippen LogP contribution in [-0.4, -0.2) is 21.2 Å². The number of thiazole rings is 1. The molecule has 7 heteroatoms. The molecule has 0 aliphatic rings. The number of hydrogen-bond donors (Lipinski definition) is 0. The number of aromatic nitrogens is 3. The first-order valence-corrected chi connectivity index (χ1v) is 10.2. The van der Waals surface area contributed by atoms with Crippen molar-refractivity contribution in [2.24, 2.45) is 0 Å². The molecule has 0 amide bonds. The van der Waals surface area contributed by atoms with Gasteiger partial charge in [-0.1, -0.05) is 49.4 Å². The van der Waals surface area contributed by atoms with Gasteiger partial charge in [-0.3, -0.25) is 4.79 Å². The Labute approximate surface area is 172 Å². The van der Waals surface area contributed by atoms with Gasteiger partial charge in [0.25, 0.3) is 5.89 Å². The Morgan fingerprint density at radius 2 is 1.83 bits per heavy atom. The molecule has 0 saturated carbocycles. The lowest BCUT2D eigenvalue weighted by Crippen LogP contribution is -2.08. The average molecular weight is 405 g/mol. The second-order valence-electron chi connectivity index (χ2n) is 6.40. The number of nitrogens with zero attached hydrogens (tertiary/aromatic N) is 3. The number of carbonyl (C=O) groups is 1. The van der Waals surface area contributed by atoms with Crippen LogP contribution in [0.5, 0.6) is 0 Å². The Morgan fingerprint density at radius 3 is 2.59 bits per heavy atom. The lowest BCUT2D eigenvalue weighted by Gasteiger charge is -2.00. The van der Waals surface area contributed by atoms with Crippen LogP contribution in [0.3, 0.4) is 0 Å². The molecule has 0 N–H and O–H groups in total. The van der Waals surface area contributed by atoms with E-state index in [0.29, 0.717) is 11.6 Å². The fourth-order valence-corrected chi connectivity index (χ4v) is 3.58. The summed E-state index contributed by atoms with van der Waals surface area (Å²) >= 11 is 1.51. The number of hydrogen-bond acceptors (Lipinski definition) is 7. The average Bonchev–Trinajstić information content (AvgIpc) is 3.43. The highest BCUT2D eigenvalue weighted by atomic mass is 32.1. The maximum absolute atomic E-state index is 12.1. The Balaban J connectivity index is 1.32. The molecule has 0 unspecified atom stereocenters. The summed E-state index contributed by atoms with van der Waals surface area (Å²) in [6.45, 7) is 2.06. The normalized spacial score (nSPS) is 10.8. The third-order valence-corrected chi connectivity index (χ3v) is 5.27. The Bertz CT molecular complexity index is 1090. The van der Waals surface area contributed by atoms with E-state index in [1.54, 1.807) is 0 Å². The molecular weight excluding hydrogens is 386 g/mol. The van der Waals surface area contributed by atoms with Gasteiger partial charge in [-0.15, -0.1) is 21.5 Å². The first kappa shape index (κ1) is 19.0. The molecule has 0 radical (unpaired) electrons. The molecule has 2 aromatic carbocycles. The number of esters is 1. The molecule has 0 spiro atoms. The van der Waals surface area contributed by atoms with Crippen LogP contribution in [0.25, 0.3) is 22.0 Å². The molecule has 6 nitrogen and oxygen atoms in total. The minimum absolute atomic E-state index is 0.0614. The lowest BCUT2D eigenvalue weighted by atomic mass is 10.1. The molecule has 0 fully saturated rings. The van der Waals surface area contributed by atoms with Crippen molar-refractivity contribution >= 4 is 17.3 Å². The van der Waals surface area contributed by atoms with Crippen molar-refractivity contribution in [3.05, 3.63) is 77.1 Å². The van der Waals surface area contributed by atoms with Gasteiger partial charge in [0.1, 0.15) is 5.01 Å². The van der Waals surface area contributed by atoms with Gasteiger partial charge in [0.15, 0.2) is 6.61 Å². The Kier molecular flexibility index (Phi) is 5.76. The second-order valence-corrected chi connectivity index (χ2v) is 7.26. The molecule has 4 aromatic rings. The maximum atomic E-state index is 12.1. The minimum atomic E-state index is -0.386. The zero-order valence-corrected chi connectivity index (χ0v) is 16.7. The van der Waals surface area contributed by atoms with Crippen molar-refractivity contribution in [1.82, 2.24) is 15.2 Å². The highest BCUT2D eigenvalue weighted by Crippen LogP contribution is 2.24. The summed E-state index contributed by atoms with van der Waals surface area (Å²) in [4.78, 5) is 16.7. The largest absolute Gasteiger partial charge is 0.455 e. The highest BCUT2D eigenvalue weighted by Gasteiger charge is 2.13. The Hall–Kier alpha value is -3.32. The third kappa shape index (κ3) is 4.75. The van der Waals surface area contributed by atoms with Gasteiger partial charge in [0, 0.05) is 16.5 Å². The van der Waals surface area contributed by atoms with E-state index in [1.807, 2.05) is 35.7 Å². The van der Waals surface area contributed by atoms with Gasteiger partial charge in [-0.2, -0.15) is 0 Å². The zero-order chi connectivity index (χ0) is 20.1. The second kappa shape index (κ2) is 8.79. The number of rotatable bonds is 7. The van der Waals surface area contributed by atoms with E-state index in [2.05, 4.69) is 46.4 Å². The SMILES string of the molecule is CCc1ccc(-c2nc(CC(=O)OCc3nnc(-c4ccccc4)o3)cs2)cc1. The van der Waals surface area contributed by atoms with Gasteiger partial charge in [-0.05, 0) is 24.1 Å².